The summed E-state index contributed by atoms with van der Waals surface area (Å²) in [6.07, 6.45) is 0. The maximum absolute atomic E-state index is 13.0. The van der Waals surface area contributed by atoms with Crippen LogP contribution in [0.5, 0.6) is 5.75 Å². The van der Waals surface area contributed by atoms with E-state index in [4.69, 9.17) is 16.3 Å². The second-order valence-corrected chi connectivity index (χ2v) is 9.93. The Kier molecular flexibility index (Phi) is 6.05. The maximum Gasteiger partial charge on any atom is 0.261 e. The number of aryl methyl sites for hydroxylation is 1. The van der Waals surface area contributed by atoms with Gasteiger partial charge in [0.2, 0.25) is 0 Å². The van der Waals surface area contributed by atoms with Crippen LogP contribution in [0.15, 0.2) is 65.6 Å². The Morgan fingerprint density at radius 1 is 1.06 bits per heavy atom. The molecule has 0 aliphatic rings. The lowest BCUT2D eigenvalue weighted by Gasteiger charge is -2.12. The first-order valence-corrected chi connectivity index (χ1v) is 12.1. The lowest BCUT2D eigenvalue weighted by atomic mass is 10.2. The van der Waals surface area contributed by atoms with Crippen LogP contribution in [0.2, 0.25) is 5.02 Å². The number of benzene rings is 3. The van der Waals surface area contributed by atoms with Crippen LogP contribution < -0.4 is 14.8 Å². The molecule has 0 saturated carbocycles. The Bertz CT molecular complexity index is 1380. The molecule has 164 valence electrons. The SMILES string of the molecule is COc1ccc(S(=O)(=O)Nc2ccccc2C(=O)Nc2nc3c(C)ccc(Cl)c3s2)cc1. The van der Waals surface area contributed by atoms with Crippen molar-refractivity contribution in [3.05, 3.63) is 76.8 Å². The van der Waals surface area contributed by atoms with Gasteiger partial charge in [0.25, 0.3) is 15.9 Å². The number of hydrogen-bond acceptors (Lipinski definition) is 6. The van der Waals surface area contributed by atoms with E-state index in [0.717, 1.165) is 10.3 Å². The second kappa shape index (κ2) is 8.78. The number of sulfonamides is 1. The van der Waals surface area contributed by atoms with Gasteiger partial charge in [-0.05, 0) is 55.0 Å². The third kappa shape index (κ3) is 4.40. The molecule has 4 rings (SSSR count). The number of carbonyl (C=O) groups is 1. The van der Waals surface area contributed by atoms with Crippen molar-refractivity contribution in [2.75, 3.05) is 17.1 Å². The summed E-state index contributed by atoms with van der Waals surface area (Å²) >= 11 is 7.50. The largest absolute Gasteiger partial charge is 0.497 e. The Labute approximate surface area is 194 Å². The van der Waals surface area contributed by atoms with Crippen molar-refractivity contribution < 1.29 is 17.9 Å². The molecule has 0 bridgehead atoms. The summed E-state index contributed by atoms with van der Waals surface area (Å²) < 4.78 is 34.0. The van der Waals surface area contributed by atoms with Crippen LogP contribution in [0.4, 0.5) is 10.8 Å². The third-order valence-electron chi connectivity index (χ3n) is 4.70. The van der Waals surface area contributed by atoms with Gasteiger partial charge in [0.1, 0.15) is 5.75 Å². The molecule has 7 nitrogen and oxygen atoms in total. The van der Waals surface area contributed by atoms with E-state index in [1.165, 1.54) is 42.7 Å². The molecule has 0 aliphatic heterocycles. The van der Waals surface area contributed by atoms with E-state index in [1.54, 1.807) is 30.3 Å². The number of aromatic nitrogens is 1. The highest BCUT2D eigenvalue weighted by atomic mass is 35.5. The Morgan fingerprint density at radius 2 is 1.78 bits per heavy atom. The lowest BCUT2D eigenvalue weighted by Crippen LogP contribution is -2.18. The fraction of sp³-hybridized carbons (Fsp3) is 0.0909. The minimum Gasteiger partial charge on any atom is -0.497 e. The van der Waals surface area contributed by atoms with Crippen LogP contribution in [0.3, 0.4) is 0 Å². The van der Waals surface area contributed by atoms with Gasteiger partial charge in [0, 0.05) is 0 Å². The fourth-order valence-electron chi connectivity index (χ4n) is 3.05. The molecule has 1 heterocycles. The first-order chi connectivity index (χ1) is 15.3. The van der Waals surface area contributed by atoms with Gasteiger partial charge in [0.15, 0.2) is 5.13 Å². The Hall–Kier alpha value is -3.14. The van der Waals surface area contributed by atoms with Crippen molar-refractivity contribution in [2.24, 2.45) is 0 Å². The Balaban J connectivity index is 1.61. The zero-order chi connectivity index (χ0) is 22.9. The number of hydrogen-bond donors (Lipinski definition) is 2. The number of halogens is 1. The van der Waals surface area contributed by atoms with E-state index < -0.39 is 15.9 Å². The highest BCUT2D eigenvalue weighted by molar-refractivity contribution is 7.92. The zero-order valence-corrected chi connectivity index (χ0v) is 19.4. The molecular formula is C22H18ClN3O4S2. The highest BCUT2D eigenvalue weighted by Crippen LogP contribution is 2.34. The van der Waals surface area contributed by atoms with Crippen LogP contribution in [-0.2, 0) is 10.0 Å². The van der Waals surface area contributed by atoms with Crippen LogP contribution >= 0.6 is 22.9 Å². The first kappa shape index (κ1) is 22.1. The van der Waals surface area contributed by atoms with Crippen molar-refractivity contribution in [3.8, 4) is 5.75 Å². The van der Waals surface area contributed by atoms with E-state index in [-0.39, 0.29) is 16.1 Å². The van der Waals surface area contributed by atoms with Crippen molar-refractivity contribution >= 4 is 59.9 Å². The maximum atomic E-state index is 13.0. The minimum atomic E-state index is -3.91. The number of carbonyl (C=O) groups excluding carboxylic acids is 1. The van der Waals surface area contributed by atoms with Crippen molar-refractivity contribution in [1.82, 2.24) is 4.98 Å². The number of methoxy groups -OCH3 is 1. The van der Waals surface area contributed by atoms with E-state index in [1.807, 2.05) is 13.0 Å². The van der Waals surface area contributed by atoms with Crippen LogP contribution in [0.1, 0.15) is 15.9 Å². The molecule has 1 aromatic heterocycles. The monoisotopic (exact) mass is 487 g/mol. The number of fused-ring (bicyclic) bond motifs is 1. The van der Waals surface area contributed by atoms with Gasteiger partial charge >= 0.3 is 0 Å². The average molecular weight is 488 g/mol. The number of nitrogens with zero attached hydrogens (tertiary/aromatic N) is 1. The van der Waals surface area contributed by atoms with E-state index in [9.17, 15) is 13.2 Å². The van der Waals surface area contributed by atoms with Gasteiger partial charge in [-0.15, -0.1) is 0 Å². The van der Waals surface area contributed by atoms with Crippen LogP contribution in [0, 0.1) is 6.92 Å². The molecule has 32 heavy (non-hydrogen) atoms. The molecule has 2 N–H and O–H groups in total. The molecule has 0 aliphatic carbocycles. The molecule has 4 aromatic rings. The number of amides is 1. The lowest BCUT2D eigenvalue weighted by molar-refractivity contribution is 0.102. The molecule has 0 radical (unpaired) electrons. The summed E-state index contributed by atoms with van der Waals surface area (Å²) in [5, 5.41) is 3.66. The van der Waals surface area contributed by atoms with Gasteiger partial charge < -0.3 is 4.74 Å². The second-order valence-electron chi connectivity index (χ2n) is 6.84. The molecule has 0 unspecified atom stereocenters. The molecule has 0 atom stereocenters. The highest BCUT2D eigenvalue weighted by Gasteiger charge is 2.20. The standard InChI is InChI=1S/C22H18ClN3O4S2/c1-13-7-12-17(23)20-19(13)24-22(31-20)25-21(27)16-5-3-4-6-18(16)26-32(28,29)15-10-8-14(30-2)9-11-15/h3-12,26H,1-2H3,(H,24,25,27). The van der Waals surface area contributed by atoms with Gasteiger partial charge in [-0.1, -0.05) is 41.1 Å². The number of anilines is 2. The number of rotatable bonds is 6. The van der Waals surface area contributed by atoms with Crippen LogP contribution in [-0.4, -0.2) is 26.4 Å². The summed E-state index contributed by atoms with van der Waals surface area (Å²) in [7, 11) is -2.42. The smallest absolute Gasteiger partial charge is 0.261 e. The first-order valence-electron chi connectivity index (χ1n) is 9.41. The molecule has 10 heteroatoms. The number of ether oxygens (including phenoxy) is 1. The summed E-state index contributed by atoms with van der Waals surface area (Å²) in [6.45, 7) is 1.91. The quantitative estimate of drug-likeness (QED) is 0.383. The van der Waals surface area contributed by atoms with Crippen molar-refractivity contribution in [3.63, 3.8) is 0 Å². The molecule has 3 aromatic carbocycles. The summed E-state index contributed by atoms with van der Waals surface area (Å²) in [5.74, 6) is 0.0424. The molecule has 0 fully saturated rings. The van der Waals surface area contributed by atoms with Gasteiger partial charge in [0.05, 0.1) is 38.5 Å². The molecular weight excluding hydrogens is 470 g/mol. The predicted molar refractivity (Wildman–Crippen MR) is 128 cm³/mol. The van der Waals surface area contributed by atoms with E-state index >= 15 is 0 Å². The summed E-state index contributed by atoms with van der Waals surface area (Å²) in [6, 6.07) is 15.9. The fourth-order valence-corrected chi connectivity index (χ4v) is 5.34. The molecule has 1 amide bonds. The molecule has 0 spiro atoms. The summed E-state index contributed by atoms with van der Waals surface area (Å²) in [4.78, 5) is 17.5. The minimum absolute atomic E-state index is 0.0461. The number of para-hydroxylation sites is 1. The van der Waals surface area contributed by atoms with Gasteiger partial charge in [-0.3, -0.25) is 14.8 Å². The summed E-state index contributed by atoms with van der Waals surface area (Å²) in [5.41, 5.74) is 1.96. The van der Waals surface area contributed by atoms with Gasteiger partial charge in [-0.2, -0.15) is 0 Å². The number of nitrogens with one attached hydrogen (secondary N) is 2. The molecule has 0 saturated heterocycles. The van der Waals surface area contributed by atoms with Gasteiger partial charge in [-0.25, -0.2) is 13.4 Å². The van der Waals surface area contributed by atoms with Crippen LogP contribution in [0.25, 0.3) is 10.2 Å². The van der Waals surface area contributed by atoms with Crippen molar-refractivity contribution in [1.29, 1.82) is 0 Å². The number of thiazole rings is 1. The van der Waals surface area contributed by atoms with E-state index in [0.29, 0.717) is 21.4 Å². The third-order valence-corrected chi connectivity index (χ3v) is 7.52. The zero-order valence-electron chi connectivity index (χ0n) is 17.0. The van der Waals surface area contributed by atoms with Crippen molar-refractivity contribution in [2.45, 2.75) is 11.8 Å². The normalized spacial score (nSPS) is 11.3. The predicted octanol–water partition coefficient (Wildman–Crippen LogP) is 5.32. The topological polar surface area (TPSA) is 97.4 Å². The average Bonchev–Trinajstić information content (AvgIpc) is 3.21. The van der Waals surface area contributed by atoms with E-state index in [2.05, 4.69) is 15.0 Å². The Morgan fingerprint density at radius 3 is 2.47 bits per heavy atom.